The summed E-state index contributed by atoms with van der Waals surface area (Å²) in [5.74, 6) is 0.398. The molecule has 4 rings (SSSR count). The number of hydrogen-bond donors (Lipinski definition) is 1. The molecule has 0 atom stereocenters. The van der Waals surface area contributed by atoms with Gasteiger partial charge >= 0.3 is 0 Å². The average molecular weight is 420 g/mol. The SMILES string of the molecule is CCCCOc1ccc(NC(=O)C2(c3ccccc3F)CCCCC2)c2ccccc12. The average Bonchev–Trinajstić information content (AvgIpc) is 2.81. The maximum Gasteiger partial charge on any atom is 0.235 e. The lowest BCUT2D eigenvalue weighted by atomic mass is 9.68. The third-order valence-corrected chi connectivity index (χ3v) is 6.42. The summed E-state index contributed by atoms with van der Waals surface area (Å²) in [6.45, 7) is 2.80. The molecule has 0 saturated heterocycles. The predicted octanol–water partition coefficient (Wildman–Crippen LogP) is 7.00. The Morgan fingerprint density at radius 3 is 2.42 bits per heavy atom. The summed E-state index contributed by atoms with van der Waals surface area (Å²) in [5.41, 5.74) is 0.418. The van der Waals surface area contributed by atoms with Gasteiger partial charge in [0, 0.05) is 22.0 Å². The van der Waals surface area contributed by atoms with E-state index >= 15 is 0 Å². The zero-order valence-corrected chi connectivity index (χ0v) is 18.1. The summed E-state index contributed by atoms with van der Waals surface area (Å²) in [6.07, 6.45) is 6.32. The lowest BCUT2D eigenvalue weighted by Crippen LogP contribution is -2.42. The first-order valence-electron chi connectivity index (χ1n) is 11.4. The molecule has 3 aromatic rings. The minimum Gasteiger partial charge on any atom is -0.493 e. The van der Waals surface area contributed by atoms with Gasteiger partial charge in [0.1, 0.15) is 11.6 Å². The highest BCUT2D eigenvalue weighted by Crippen LogP contribution is 2.42. The molecule has 1 amide bonds. The topological polar surface area (TPSA) is 38.3 Å². The van der Waals surface area contributed by atoms with E-state index in [1.165, 1.54) is 6.07 Å². The van der Waals surface area contributed by atoms with E-state index in [4.69, 9.17) is 4.74 Å². The minimum absolute atomic E-state index is 0.123. The van der Waals surface area contributed by atoms with E-state index in [9.17, 15) is 9.18 Å². The number of anilines is 1. The highest BCUT2D eigenvalue weighted by atomic mass is 19.1. The first-order chi connectivity index (χ1) is 15.2. The zero-order chi connectivity index (χ0) is 21.7. The second-order valence-electron chi connectivity index (χ2n) is 8.44. The number of amides is 1. The smallest absolute Gasteiger partial charge is 0.235 e. The molecule has 0 radical (unpaired) electrons. The summed E-state index contributed by atoms with van der Waals surface area (Å²) in [5, 5.41) is 5.06. The Hall–Kier alpha value is -2.88. The van der Waals surface area contributed by atoms with Crippen LogP contribution < -0.4 is 10.1 Å². The van der Waals surface area contributed by atoms with E-state index in [1.807, 2.05) is 42.5 Å². The monoisotopic (exact) mass is 419 g/mol. The highest BCUT2D eigenvalue weighted by molar-refractivity contribution is 6.07. The Morgan fingerprint density at radius 2 is 1.68 bits per heavy atom. The van der Waals surface area contributed by atoms with Crippen LogP contribution in [-0.4, -0.2) is 12.5 Å². The van der Waals surface area contributed by atoms with Crippen molar-refractivity contribution in [1.82, 2.24) is 0 Å². The van der Waals surface area contributed by atoms with Crippen molar-refractivity contribution in [2.75, 3.05) is 11.9 Å². The van der Waals surface area contributed by atoms with Crippen LogP contribution in [-0.2, 0) is 10.2 Å². The molecular weight excluding hydrogens is 389 g/mol. The van der Waals surface area contributed by atoms with Crippen molar-refractivity contribution in [2.24, 2.45) is 0 Å². The molecule has 3 aromatic carbocycles. The van der Waals surface area contributed by atoms with Gasteiger partial charge in [0.15, 0.2) is 0 Å². The molecule has 1 aliphatic rings. The van der Waals surface area contributed by atoms with Crippen LogP contribution in [0, 0.1) is 5.82 Å². The third kappa shape index (κ3) is 4.30. The number of rotatable bonds is 7. The molecule has 1 saturated carbocycles. The summed E-state index contributed by atoms with van der Waals surface area (Å²) in [7, 11) is 0. The Bertz CT molecular complexity index is 1060. The van der Waals surface area contributed by atoms with E-state index in [1.54, 1.807) is 12.1 Å². The lowest BCUT2D eigenvalue weighted by molar-refractivity contribution is -0.122. The number of benzene rings is 3. The van der Waals surface area contributed by atoms with E-state index in [2.05, 4.69) is 12.2 Å². The fraction of sp³-hybridized carbons (Fsp3) is 0.370. The Morgan fingerprint density at radius 1 is 0.968 bits per heavy atom. The number of halogens is 1. The van der Waals surface area contributed by atoms with E-state index in [0.717, 1.165) is 54.3 Å². The van der Waals surface area contributed by atoms with Gasteiger partial charge in [0.05, 0.1) is 12.0 Å². The van der Waals surface area contributed by atoms with Gasteiger partial charge in [0.25, 0.3) is 0 Å². The van der Waals surface area contributed by atoms with Gasteiger partial charge in [-0.1, -0.05) is 75.1 Å². The molecule has 0 spiro atoms. The predicted molar refractivity (Wildman–Crippen MR) is 124 cm³/mol. The van der Waals surface area contributed by atoms with Crippen molar-refractivity contribution in [2.45, 2.75) is 57.3 Å². The van der Waals surface area contributed by atoms with Crippen LogP contribution in [0.3, 0.4) is 0 Å². The Kier molecular flexibility index (Phi) is 6.55. The van der Waals surface area contributed by atoms with Crippen LogP contribution in [0.2, 0.25) is 0 Å². The first-order valence-corrected chi connectivity index (χ1v) is 11.4. The molecule has 1 aliphatic carbocycles. The highest BCUT2D eigenvalue weighted by Gasteiger charge is 2.43. The molecule has 31 heavy (non-hydrogen) atoms. The Balaban J connectivity index is 1.68. The van der Waals surface area contributed by atoms with Crippen molar-refractivity contribution in [3.05, 3.63) is 72.0 Å². The van der Waals surface area contributed by atoms with E-state index < -0.39 is 5.41 Å². The maximum absolute atomic E-state index is 14.8. The molecule has 0 aliphatic heterocycles. The number of ether oxygens (including phenoxy) is 1. The van der Waals surface area contributed by atoms with Crippen LogP contribution in [0.5, 0.6) is 5.75 Å². The van der Waals surface area contributed by atoms with Gasteiger partial charge in [-0.05, 0) is 37.5 Å². The molecule has 1 fully saturated rings. The molecule has 1 N–H and O–H groups in total. The molecule has 0 aromatic heterocycles. The fourth-order valence-corrected chi connectivity index (χ4v) is 4.70. The number of nitrogens with one attached hydrogen (secondary N) is 1. The molecular formula is C27H30FNO2. The van der Waals surface area contributed by atoms with Crippen LogP contribution in [0.1, 0.15) is 57.4 Å². The largest absolute Gasteiger partial charge is 0.493 e. The number of carbonyl (C=O) groups excluding carboxylic acids is 1. The van der Waals surface area contributed by atoms with Crippen molar-refractivity contribution in [3.8, 4) is 5.75 Å². The molecule has 0 bridgehead atoms. The summed E-state index contributed by atoms with van der Waals surface area (Å²) in [6, 6.07) is 18.5. The minimum atomic E-state index is -0.832. The molecule has 3 nitrogen and oxygen atoms in total. The summed E-state index contributed by atoms with van der Waals surface area (Å²) < 4.78 is 20.8. The quantitative estimate of drug-likeness (QED) is 0.419. The number of carbonyl (C=O) groups is 1. The van der Waals surface area contributed by atoms with Gasteiger partial charge in [0.2, 0.25) is 5.91 Å². The number of fused-ring (bicyclic) bond motifs is 1. The third-order valence-electron chi connectivity index (χ3n) is 6.42. The molecule has 162 valence electrons. The normalized spacial score (nSPS) is 15.5. The van der Waals surface area contributed by atoms with E-state index in [0.29, 0.717) is 25.0 Å². The fourth-order valence-electron chi connectivity index (χ4n) is 4.70. The Labute approximate surface area is 183 Å². The summed E-state index contributed by atoms with van der Waals surface area (Å²) >= 11 is 0. The van der Waals surface area contributed by atoms with E-state index in [-0.39, 0.29) is 11.7 Å². The molecule has 4 heteroatoms. The van der Waals surface area contributed by atoms with Crippen LogP contribution >= 0.6 is 0 Å². The second-order valence-corrected chi connectivity index (χ2v) is 8.44. The van der Waals surface area contributed by atoms with Gasteiger partial charge in [-0.2, -0.15) is 0 Å². The van der Waals surface area contributed by atoms with Gasteiger partial charge < -0.3 is 10.1 Å². The maximum atomic E-state index is 14.8. The van der Waals surface area contributed by atoms with Crippen molar-refractivity contribution in [3.63, 3.8) is 0 Å². The lowest BCUT2D eigenvalue weighted by Gasteiger charge is -2.36. The standard InChI is InChI=1S/C27H30FNO2/c1-2-3-19-31-25-16-15-24(20-11-5-6-12-21(20)25)29-26(30)27(17-9-4-10-18-27)22-13-7-8-14-23(22)28/h5-8,11-16H,2-4,9-10,17-19H2,1H3,(H,29,30). The van der Waals surface area contributed by atoms with Crippen LogP contribution in [0.25, 0.3) is 10.8 Å². The van der Waals surface area contributed by atoms with Crippen LogP contribution in [0.4, 0.5) is 10.1 Å². The molecule has 0 heterocycles. The first kappa shape index (κ1) is 21.4. The number of unbranched alkanes of at least 4 members (excludes halogenated alkanes) is 1. The van der Waals surface area contributed by atoms with Crippen molar-refractivity contribution >= 4 is 22.4 Å². The van der Waals surface area contributed by atoms with Gasteiger partial charge in [-0.25, -0.2) is 4.39 Å². The zero-order valence-electron chi connectivity index (χ0n) is 18.1. The van der Waals surface area contributed by atoms with Crippen molar-refractivity contribution < 1.29 is 13.9 Å². The van der Waals surface area contributed by atoms with Crippen LogP contribution in [0.15, 0.2) is 60.7 Å². The number of hydrogen-bond acceptors (Lipinski definition) is 2. The summed E-state index contributed by atoms with van der Waals surface area (Å²) in [4.78, 5) is 13.7. The van der Waals surface area contributed by atoms with Gasteiger partial charge in [-0.3, -0.25) is 4.79 Å². The van der Waals surface area contributed by atoms with Crippen molar-refractivity contribution in [1.29, 1.82) is 0 Å². The molecule has 0 unspecified atom stereocenters. The second kappa shape index (κ2) is 9.51. The van der Waals surface area contributed by atoms with Gasteiger partial charge in [-0.15, -0.1) is 0 Å².